The topological polar surface area (TPSA) is 48.0 Å². The molecule has 0 aliphatic rings. The van der Waals surface area contributed by atoms with Crippen molar-refractivity contribution in [2.45, 2.75) is 38.1 Å². The summed E-state index contributed by atoms with van der Waals surface area (Å²) < 4.78 is 51.4. The number of hydrogen-bond donors (Lipinski definition) is 1. The second-order valence-electron chi connectivity index (χ2n) is 5.07. The number of hydrogen-bond acceptors (Lipinski definition) is 3. The van der Waals surface area contributed by atoms with Gasteiger partial charge in [-0.1, -0.05) is 0 Å². The Morgan fingerprint density at radius 1 is 1.32 bits per heavy atom. The maximum atomic E-state index is 12.4. The average molecular weight is 294 g/mol. The lowest BCUT2D eigenvalue weighted by atomic mass is 10.1. The van der Waals surface area contributed by atoms with Crippen LogP contribution in [-0.4, -0.2) is 20.8 Å². The number of pyridine rings is 1. The molecule has 1 aromatic rings. The molecular formula is C12H17F3N2OS. The molecule has 0 fully saturated rings. The summed E-state index contributed by atoms with van der Waals surface area (Å²) in [6, 6.07) is 2.54. The van der Waals surface area contributed by atoms with Crippen LogP contribution < -0.4 is 4.72 Å². The maximum absolute atomic E-state index is 12.4. The first-order chi connectivity index (χ1) is 8.60. The molecule has 3 nitrogen and oxygen atoms in total. The second-order valence-corrected chi connectivity index (χ2v) is 7.12. The molecule has 0 bridgehead atoms. The minimum atomic E-state index is -4.43. The molecule has 1 aromatic heterocycles. The van der Waals surface area contributed by atoms with Crippen LogP contribution in [0, 0.1) is 0 Å². The standard InChI is InChI=1S/C12H17F3N2OS/c1-11(2,3)19(18)17-7-5-9-4-6-16-10(8-9)12(13,14)15/h4,6,8,17H,5,7H2,1-3H3/t19-/m1/s1. The largest absolute Gasteiger partial charge is 0.598 e. The van der Waals surface area contributed by atoms with Crippen LogP contribution in [0.15, 0.2) is 18.3 Å². The molecule has 1 N–H and O–H groups in total. The lowest BCUT2D eigenvalue weighted by Crippen LogP contribution is -2.40. The molecular weight excluding hydrogens is 277 g/mol. The van der Waals surface area contributed by atoms with Crippen LogP contribution in [0.25, 0.3) is 0 Å². The van der Waals surface area contributed by atoms with Gasteiger partial charge in [0.25, 0.3) is 0 Å². The quantitative estimate of drug-likeness (QED) is 0.869. The van der Waals surface area contributed by atoms with E-state index >= 15 is 0 Å². The highest BCUT2D eigenvalue weighted by molar-refractivity contribution is 7.90. The van der Waals surface area contributed by atoms with E-state index in [4.69, 9.17) is 0 Å². The maximum Gasteiger partial charge on any atom is 0.433 e. The number of alkyl halides is 3. The summed E-state index contributed by atoms with van der Waals surface area (Å²) in [5, 5.41) is 0. The van der Waals surface area contributed by atoms with E-state index in [2.05, 4.69) is 9.71 Å². The van der Waals surface area contributed by atoms with Gasteiger partial charge in [-0.15, -0.1) is 4.72 Å². The third-order valence-electron chi connectivity index (χ3n) is 2.32. The molecule has 0 saturated carbocycles. The fourth-order valence-corrected chi connectivity index (χ4v) is 2.01. The van der Waals surface area contributed by atoms with Crippen LogP contribution in [-0.2, 0) is 24.0 Å². The summed E-state index contributed by atoms with van der Waals surface area (Å²) in [5.74, 6) is 0. The molecule has 0 saturated heterocycles. The Kier molecular flexibility index (Phi) is 5.23. The van der Waals surface area contributed by atoms with Crippen LogP contribution in [0.5, 0.6) is 0 Å². The van der Waals surface area contributed by atoms with Crippen molar-refractivity contribution in [3.63, 3.8) is 0 Å². The fourth-order valence-electron chi connectivity index (χ4n) is 1.29. The zero-order valence-electron chi connectivity index (χ0n) is 11.0. The predicted molar refractivity (Wildman–Crippen MR) is 68.8 cm³/mol. The Balaban J connectivity index is 2.55. The first-order valence-corrected chi connectivity index (χ1v) is 6.93. The van der Waals surface area contributed by atoms with Crippen molar-refractivity contribution in [2.24, 2.45) is 0 Å². The Labute approximate surface area is 113 Å². The number of nitrogens with zero attached hydrogens (tertiary/aromatic N) is 1. The van der Waals surface area contributed by atoms with Gasteiger partial charge in [0.2, 0.25) is 0 Å². The van der Waals surface area contributed by atoms with Gasteiger partial charge in [-0.2, -0.15) is 13.2 Å². The highest BCUT2D eigenvalue weighted by Gasteiger charge is 2.32. The van der Waals surface area contributed by atoms with Crippen LogP contribution in [0.4, 0.5) is 13.2 Å². The van der Waals surface area contributed by atoms with E-state index in [0.29, 0.717) is 18.5 Å². The molecule has 108 valence electrons. The third-order valence-corrected chi connectivity index (χ3v) is 3.90. The van der Waals surface area contributed by atoms with Crippen molar-refractivity contribution in [1.82, 2.24) is 9.71 Å². The summed E-state index contributed by atoms with van der Waals surface area (Å²) in [6.45, 7) is 5.82. The van der Waals surface area contributed by atoms with Crippen molar-refractivity contribution in [3.05, 3.63) is 29.6 Å². The number of nitrogens with one attached hydrogen (secondary N) is 1. The van der Waals surface area contributed by atoms with Gasteiger partial charge in [0.15, 0.2) is 0 Å². The molecule has 7 heteroatoms. The molecule has 0 amide bonds. The minimum Gasteiger partial charge on any atom is -0.598 e. The minimum absolute atomic E-state index is 0.352. The summed E-state index contributed by atoms with van der Waals surface area (Å²) in [6.07, 6.45) is -2.93. The van der Waals surface area contributed by atoms with Gasteiger partial charge in [-0.05, 0) is 44.9 Å². The molecule has 0 aromatic carbocycles. The monoisotopic (exact) mass is 294 g/mol. The van der Waals surface area contributed by atoms with Crippen LogP contribution in [0.2, 0.25) is 0 Å². The SMILES string of the molecule is CC(C)(C)[S@@+]([O-])NCCc1ccnc(C(F)(F)F)c1. The Morgan fingerprint density at radius 2 is 1.95 bits per heavy atom. The van der Waals surface area contributed by atoms with Gasteiger partial charge in [0, 0.05) is 24.1 Å². The first-order valence-electron chi connectivity index (χ1n) is 5.78. The molecule has 1 atom stereocenters. The molecule has 19 heavy (non-hydrogen) atoms. The van der Waals surface area contributed by atoms with E-state index < -0.39 is 28.0 Å². The van der Waals surface area contributed by atoms with Crippen LogP contribution >= 0.6 is 0 Å². The zero-order chi connectivity index (χ0) is 14.7. The van der Waals surface area contributed by atoms with E-state index in [9.17, 15) is 17.7 Å². The average Bonchev–Trinajstić information content (AvgIpc) is 2.27. The van der Waals surface area contributed by atoms with E-state index in [0.717, 1.165) is 12.3 Å². The van der Waals surface area contributed by atoms with Crippen LogP contribution in [0.1, 0.15) is 32.0 Å². The normalized spacial score (nSPS) is 14.5. The lowest BCUT2D eigenvalue weighted by Gasteiger charge is -2.23. The number of aromatic nitrogens is 1. The molecule has 0 spiro atoms. The second kappa shape index (κ2) is 6.11. The Bertz CT molecular complexity index is 418. The molecule has 1 heterocycles. The van der Waals surface area contributed by atoms with Gasteiger partial charge < -0.3 is 4.55 Å². The summed E-state index contributed by atoms with van der Waals surface area (Å²) >= 11 is -1.22. The molecule has 0 aliphatic heterocycles. The highest BCUT2D eigenvalue weighted by Crippen LogP contribution is 2.27. The third kappa shape index (κ3) is 5.38. The van der Waals surface area contributed by atoms with Crippen LogP contribution in [0.3, 0.4) is 0 Å². The smallest absolute Gasteiger partial charge is 0.433 e. The van der Waals surface area contributed by atoms with Gasteiger partial charge in [0.1, 0.15) is 10.4 Å². The van der Waals surface area contributed by atoms with E-state index in [1.165, 1.54) is 6.07 Å². The van der Waals surface area contributed by atoms with Gasteiger partial charge in [-0.3, -0.25) is 4.98 Å². The van der Waals surface area contributed by atoms with Crippen molar-refractivity contribution in [3.8, 4) is 0 Å². The summed E-state index contributed by atoms with van der Waals surface area (Å²) in [4.78, 5) is 3.29. The highest BCUT2D eigenvalue weighted by atomic mass is 32.2. The number of rotatable bonds is 4. The van der Waals surface area contributed by atoms with Crippen molar-refractivity contribution >= 4 is 11.4 Å². The van der Waals surface area contributed by atoms with E-state index in [-0.39, 0.29) is 0 Å². The molecule has 0 radical (unpaired) electrons. The molecule has 0 aliphatic carbocycles. The molecule has 0 unspecified atom stereocenters. The first kappa shape index (κ1) is 16.3. The van der Waals surface area contributed by atoms with Gasteiger partial charge >= 0.3 is 6.18 Å². The van der Waals surface area contributed by atoms with Gasteiger partial charge in [0.05, 0.1) is 0 Å². The van der Waals surface area contributed by atoms with Crippen molar-refractivity contribution in [2.75, 3.05) is 6.54 Å². The Morgan fingerprint density at radius 3 is 2.47 bits per heavy atom. The summed E-state index contributed by atoms with van der Waals surface area (Å²) in [5.41, 5.74) is -0.386. The predicted octanol–water partition coefficient (Wildman–Crippen LogP) is 2.69. The number of halogens is 3. The Hall–Kier alpha value is -0.790. The zero-order valence-corrected chi connectivity index (χ0v) is 11.9. The lowest BCUT2D eigenvalue weighted by molar-refractivity contribution is -0.141. The van der Waals surface area contributed by atoms with Crippen molar-refractivity contribution < 1.29 is 17.7 Å². The molecule has 1 rings (SSSR count). The van der Waals surface area contributed by atoms with Gasteiger partial charge in [-0.25, -0.2) is 0 Å². The summed E-state index contributed by atoms with van der Waals surface area (Å²) in [7, 11) is 0. The fraction of sp³-hybridized carbons (Fsp3) is 0.583. The van der Waals surface area contributed by atoms with E-state index in [1.807, 2.05) is 20.8 Å². The van der Waals surface area contributed by atoms with Crippen molar-refractivity contribution in [1.29, 1.82) is 0 Å². The van der Waals surface area contributed by atoms with E-state index in [1.54, 1.807) is 0 Å².